The quantitative estimate of drug-likeness (QED) is 0.541. The Morgan fingerprint density at radius 2 is 1.72 bits per heavy atom. The van der Waals surface area contributed by atoms with Gasteiger partial charge in [-0.3, -0.25) is 14.4 Å². The number of nitrogens with zero attached hydrogens (tertiary/aromatic N) is 2. The van der Waals surface area contributed by atoms with Gasteiger partial charge in [-0.15, -0.1) is 0 Å². The van der Waals surface area contributed by atoms with Crippen LogP contribution in [0.2, 0.25) is 0 Å². The summed E-state index contributed by atoms with van der Waals surface area (Å²) in [5, 5.41) is 0.515. The van der Waals surface area contributed by atoms with Crippen LogP contribution in [-0.4, -0.2) is 34.5 Å². The number of aryl methyl sites for hydroxylation is 1. The summed E-state index contributed by atoms with van der Waals surface area (Å²) in [5.41, 5.74) is -0.197. The van der Waals surface area contributed by atoms with Gasteiger partial charge in [-0.05, 0) is 30.7 Å². The molecule has 32 heavy (non-hydrogen) atoms. The van der Waals surface area contributed by atoms with Crippen LogP contribution in [0.15, 0.2) is 59.4 Å². The van der Waals surface area contributed by atoms with Gasteiger partial charge >= 0.3 is 12.1 Å². The van der Waals surface area contributed by atoms with E-state index < -0.39 is 35.7 Å². The highest BCUT2D eigenvalue weighted by atomic mass is 19.4. The molecule has 0 aliphatic heterocycles. The predicted octanol–water partition coefficient (Wildman–Crippen LogP) is 3.76. The standard InChI is InChI=1S/C23H21F3N2O4/c1-3-32-21(30)14-28(13-15-8-10-16(11-9-15)23(24,25)26)22(31)18-12-20(29)27(2)19-7-5-4-6-17(18)19/h4-12H,3,13-14H2,1-2H3. The predicted molar refractivity (Wildman–Crippen MR) is 112 cm³/mol. The van der Waals surface area contributed by atoms with Crippen LogP contribution < -0.4 is 5.56 Å². The number of aromatic nitrogens is 1. The van der Waals surface area contributed by atoms with Crippen molar-refractivity contribution in [1.29, 1.82) is 0 Å². The fourth-order valence-electron chi connectivity index (χ4n) is 3.34. The number of ether oxygens (including phenoxy) is 1. The van der Waals surface area contributed by atoms with Crippen LogP contribution >= 0.6 is 0 Å². The Morgan fingerprint density at radius 1 is 1.06 bits per heavy atom. The average Bonchev–Trinajstić information content (AvgIpc) is 2.75. The minimum Gasteiger partial charge on any atom is -0.465 e. The molecule has 0 bridgehead atoms. The van der Waals surface area contributed by atoms with E-state index in [0.717, 1.165) is 17.0 Å². The fourth-order valence-corrected chi connectivity index (χ4v) is 3.34. The van der Waals surface area contributed by atoms with E-state index in [1.54, 1.807) is 38.2 Å². The molecule has 0 aliphatic rings. The van der Waals surface area contributed by atoms with Crippen molar-refractivity contribution in [2.24, 2.45) is 7.05 Å². The summed E-state index contributed by atoms with van der Waals surface area (Å²) in [5.74, 6) is -1.27. The largest absolute Gasteiger partial charge is 0.465 e. The molecule has 0 spiro atoms. The van der Waals surface area contributed by atoms with Crippen LogP contribution in [0.1, 0.15) is 28.4 Å². The summed E-state index contributed by atoms with van der Waals surface area (Å²) >= 11 is 0. The summed E-state index contributed by atoms with van der Waals surface area (Å²) in [6.45, 7) is 1.17. The summed E-state index contributed by atoms with van der Waals surface area (Å²) in [6.07, 6.45) is -4.48. The number of carbonyl (C=O) groups excluding carboxylic acids is 2. The number of para-hydroxylation sites is 1. The van der Waals surface area contributed by atoms with Crippen LogP contribution in [-0.2, 0) is 29.3 Å². The molecule has 2 aromatic carbocycles. The lowest BCUT2D eigenvalue weighted by atomic mass is 10.1. The van der Waals surface area contributed by atoms with E-state index in [4.69, 9.17) is 4.74 Å². The van der Waals surface area contributed by atoms with Crippen LogP contribution in [0.4, 0.5) is 13.2 Å². The molecule has 0 atom stereocenters. The van der Waals surface area contributed by atoms with Gasteiger partial charge in [0.25, 0.3) is 11.5 Å². The number of halogens is 3. The maximum atomic E-state index is 13.4. The minimum absolute atomic E-state index is 0.0971. The number of esters is 1. The maximum Gasteiger partial charge on any atom is 0.416 e. The van der Waals surface area contributed by atoms with E-state index >= 15 is 0 Å². The van der Waals surface area contributed by atoms with Gasteiger partial charge in [-0.1, -0.05) is 30.3 Å². The first kappa shape index (κ1) is 23.1. The number of hydrogen-bond donors (Lipinski definition) is 0. The molecule has 0 saturated heterocycles. The lowest BCUT2D eigenvalue weighted by Crippen LogP contribution is -2.37. The molecule has 0 fully saturated rings. The van der Waals surface area contributed by atoms with Gasteiger partial charge in [-0.2, -0.15) is 13.2 Å². The summed E-state index contributed by atoms with van der Waals surface area (Å²) in [4.78, 5) is 39.0. The third-order valence-corrected chi connectivity index (χ3v) is 4.95. The van der Waals surface area contributed by atoms with Crippen LogP contribution in [0.25, 0.3) is 10.9 Å². The van der Waals surface area contributed by atoms with E-state index in [0.29, 0.717) is 16.5 Å². The van der Waals surface area contributed by atoms with E-state index in [-0.39, 0.29) is 18.7 Å². The van der Waals surface area contributed by atoms with E-state index in [2.05, 4.69) is 0 Å². The second-order valence-electron chi connectivity index (χ2n) is 7.13. The molecule has 9 heteroatoms. The van der Waals surface area contributed by atoms with Crippen LogP contribution in [0.5, 0.6) is 0 Å². The maximum absolute atomic E-state index is 13.4. The van der Waals surface area contributed by atoms with Gasteiger partial charge in [0.2, 0.25) is 0 Å². The van der Waals surface area contributed by atoms with Gasteiger partial charge in [0.1, 0.15) is 6.54 Å². The Hall–Kier alpha value is -3.62. The highest BCUT2D eigenvalue weighted by Crippen LogP contribution is 2.29. The minimum atomic E-state index is -4.48. The SMILES string of the molecule is CCOC(=O)CN(Cc1ccc(C(F)(F)F)cc1)C(=O)c1cc(=O)n(C)c2ccccc12. The lowest BCUT2D eigenvalue weighted by Gasteiger charge is -2.23. The van der Waals surface area contributed by atoms with Crippen molar-refractivity contribution >= 4 is 22.8 Å². The molecule has 0 radical (unpaired) electrons. The highest BCUT2D eigenvalue weighted by Gasteiger charge is 2.30. The molecule has 0 unspecified atom stereocenters. The van der Waals surface area contributed by atoms with Gasteiger partial charge in [-0.25, -0.2) is 0 Å². The normalized spacial score (nSPS) is 11.4. The Bertz CT molecular complexity index is 1200. The number of hydrogen-bond acceptors (Lipinski definition) is 4. The molecule has 1 heterocycles. The zero-order valence-electron chi connectivity index (χ0n) is 17.5. The molecule has 3 aromatic rings. The first-order chi connectivity index (χ1) is 15.1. The van der Waals surface area contributed by atoms with Crippen molar-refractivity contribution in [1.82, 2.24) is 9.47 Å². The molecule has 1 aromatic heterocycles. The Labute approximate surface area is 181 Å². The number of benzene rings is 2. The zero-order chi connectivity index (χ0) is 23.5. The summed E-state index contributed by atoms with van der Waals surface area (Å²) < 4.78 is 44.9. The highest BCUT2D eigenvalue weighted by molar-refractivity contribution is 6.06. The second-order valence-corrected chi connectivity index (χ2v) is 7.13. The lowest BCUT2D eigenvalue weighted by molar-refractivity contribution is -0.144. The topological polar surface area (TPSA) is 68.6 Å². The number of alkyl halides is 3. The number of pyridine rings is 1. The summed E-state index contributed by atoms with van der Waals surface area (Å²) in [6, 6.07) is 12.3. The first-order valence-corrected chi connectivity index (χ1v) is 9.81. The average molecular weight is 446 g/mol. The second kappa shape index (κ2) is 9.25. The van der Waals surface area contributed by atoms with Crippen LogP contribution in [0.3, 0.4) is 0 Å². The van der Waals surface area contributed by atoms with Gasteiger partial charge in [0.15, 0.2) is 0 Å². The zero-order valence-corrected chi connectivity index (χ0v) is 17.5. The van der Waals surface area contributed by atoms with Crippen molar-refractivity contribution in [2.45, 2.75) is 19.6 Å². The molecule has 0 aliphatic carbocycles. The molecular formula is C23H21F3N2O4. The van der Waals surface area contributed by atoms with Gasteiger partial charge < -0.3 is 14.2 Å². The third kappa shape index (κ3) is 4.99. The molecule has 6 nitrogen and oxygen atoms in total. The number of rotatable bonds is 6. The monoisotopic (exact) mass is 446 g/mol. The fraction of sp³-hybridized carbons (Fsp3) is 0.261. The summed E-state index contributed by atoms with van der Waals surface area (Å²) in [7, 11) is 1.58. The number of amides is 1. The van der Waals surface area contributed by atoms with Crippen molar-refractivity contribution < 1.29 is 27.5 Å². The molecule has 0 saturated carbocycles. The molecule has 1 amide bonds. The Kier molecular flexibility index (Phi) is 6.67. The van der Waals surface area contributed by atoms with Crippen LogP contribution in [0, 0.1) is 0 Å². The van der Waals surface area contributed by atoms with E-state index in [1.807, 2.05) is 0 Å². The molecule has 3 rings (SSSR count). The van der Waals surface area contributed by atoms with Crippen molar-refractivity contribution in [2.75, 3.05) is 13.2 Å². The Balaban J connectivity index is 2.00. The van der Waals surface area contributed by atoms with Gasteiger partial charge in [0.05, 0.1) is 23.3 Å². The number of carbonyl (C=O) groups is 2. The van der Waals surface area contributed by atoms with Crippen molar-refractivity contribution in [3.63, 3.8) is 0 Å². The molecule has 0 N–H and O–H groups in total. The van der Waals surface area contributed by atoms with Crippen molar-refractivity contribution in [3.8, 4) is 0 Å². The first-order valence-electron chi connectivity index (χ1n) is 9.81. The van der Waals surface area contributed by atoms with Crippen molar-refractivity contribution in [3.05, 3.63) is 81.6 Å². The van der Waals surface area contributed by atoms with Gasteiger partial charge in [0, 0.05) is 25.0 Å². The molecular weight excluding hydrogens is 425 g/mol. The smallest absolute Gasteiger partial charge is 0.416 e. The number of fused-ring (bicyclic) bond motifs is 1. The molecule has 168 valence electrons. The van der Waals surface area contributed by atoms with E-state index in [1.165, 1.54) is 22.8 Å². The van der Waals surface area contributed by atoms with E-state index in [9.17, 15) is 27.6 Å². The third-order valence-electron chi connectivity index (χ3n) is 4.95. The Morgan fingerprint density at radius 3 is 2.34 bits per heavy atom.